The Hall–Kier alpha value is -2.18. The van der Waals surface area contributed by atoms with E-state index >= 15 is 0 Å². The zero-order valence-electron chi connectivity index (χ0n) is 11.7. The summed E-state index contributed by atoms with van der Waals surface area (Å²) < 4.78 is 39.7. The number of nitrogens with zero attached hydrogens (tertiary/aromatic N) is 2. The first-order chi connectivity index (χ1) is 10.9. The van der Waals surface area contributed by atoms with Crippen LogP contribution in [0.15, 0.2) is 42.5 Å². The maximum absolute atomic E-state index is 13.2. The Morgan fingerprint density at radius 1 is 1.00 bits per heavy atom. The molecule has 3 nitrogen and oxygen atoms in total. The van der Waals surface area contributed by atoms with Gasteiger partial charge in [-0.2, -0.15) is 13.2 Å². The Balaban J connectivity index is 2.33. The number of nitrogens with two attached hydrogens (primary N) is 1. The lowest BCUT2D eigenvalue weighted by Gasteiger charge is -2.15. The molecule has 0 spiro atoms. The molecule has 0 aliphatic rings. The molecular formula is C16H11ClF3N3. The summed E-state index contributed by atoms with van der Waals surface area (Å²) in [7, 11) is 0. The number of fused-ring (bicyclic) bond motifs is 1. The third kappa shape index (κ3) is 2.87. The van der Waals surface area contributed by atoms with Crippen LogP contribution in [-0.2, 0) is 12.7 Å². The minimum Gasteiger partial charge on any atom is -0.325 e. The van der Waals surface area contributed by atoms with Crippen LogP contribution in [0.1, 0.15) is 11.3 Å². The predicted octanol–water partition coefficient (Wildman–Crippen LogP) is 4.43. The molecule has 118 valence electrons. The van der Waals surface area contributed by atoms with Crippen molar-refractivity contribution >= 4 is 22.6 Å². The van der Waals surface area contributed by atoms with Gasteiger partial charge in [0.15, 0.2) is 0 Å². The first-order valence-electron chi connectivity index (χ1n) is 6.73. The summed E-state index contributed by atoms with van der Waals surface area (Å²) in [4.78, 5) is 8.63. The summed E-state index contributed by atoms with van der Waals surface area (Å²) in [6, 6.07) is 10.2. The van der Waals surface area contributed by atoms with Gasteiger partial charge >= 0.3 is 6.18 Å². The molecule has 0 aliphatic heterocycles. The van der Waals surface area contributed by atoms with Crippen molar-refractivity contribution in [1.82, 2.24) is 9.97 Å². The second-order valence-electron chi connectivity index (χ2n) is 4.87. The molecule has 0 saturated carbocycles. The van der Waals surface area contributed by atoms with Crippen LogP contribution in [0.2, 0.25) is 5.02 Å². The first kappa shape index (κ1) is 15.7. The van der Waals surface area contributed by atoms with Crippen molar-refractivity contribution in [3.8, 4) is 11.3 Å². The van der Waals surface area contributed by atoms with Crippen LogP contribution in [0.25, 0.3) is 22.3 Å². The minimum atomic E-state index is -4.49. The molecule has 0 atom stereocenters. The lowest BCUT2D eigenvalue weighted by Crippen LogP contribution is -2.10. The fourth-order valence-corrected chi connectivity index (χ4v) is 2.58. The van der Waals surface area contributed by atoms with E-state index in [4.69, 9.17) is 17.3 Å². The number of hydrogen-bond donors (Lipinski definition) is 1. The molecule has 1 aromatic heterocycles. The van der Waals surface area contributed by atoms with Crippen LogP contribution in [-0.4, -0.2) is 9.97 Å². The monoisotopic (exact) mass is 337 g/mol. The highest BCUT2D eigenvalue weighted by Crippen LogP contribution is 2.37. The molecular weight excluding hydrogens is 327 g/mol. The summed E-state index contributed by atoms with van der Waals surface area (Å²) in [5.74, 6) is 0. The summed E-state index contributed by atoms with van der Waals surface area (Å²) in [5.41, 5.74) is 6.07. The van der Waals surface area contributed by atoms with E-state index in [0.717, 1.165) is 6.07 Å². The van der Waals surface area contributed by atoms with E-state index in [2.05, 4.69) is 9.97 Å². The highest BCUT2D eigenvalue weighted by atomic mass is 35.5. The average molecular weight is 338 g/mol. The number of para-hydroxylation sites is 1. The van der Waals surface area contributed by atoms with Crippen molar-refractivity contribution in [3.63, 3.8) is 0 Å². The van der Waals surface area contributed by atoms with Gasteiger partial charge in [0.05, 0.1) is 27.5 Å². The average Bonchev–Trinajstić information content (AvgIpc) is 2.53. The number of benzene rings is 2. The second-order valence-corrected chi connectivity index (χ2v) is 5.28. The van der Waals surface area contributed by atoms with Crippen molar-refractivity contribution in [3.05, 3.63) is 58.7 Å². The lowest BCUT2D eigenvalue weighted by molar-refractivity contribution is -0.137. The maximum Gasteiger partial charge on any atom is 0.417 e. The van der Waals surface area contributed by atoms with Crippen molar-refractivity contribution in [2.24, 2.45) is 5.73 Å². The van der Waals surface area contributed by atoms with E-state index in [1.54, 1.807) is 18.2 Å². The number of halogens is 4. The molecule has 2 N–H and O–H groups in total. The summed E-state index contributed by atoms with van der Waals surface area (Å²) in [5, 5.41) is 0.375. The Labute approximate surface area is 134 Å². The van der Waals surface area contributed by atoms with Crippen LogP contribution >= 0.6 is 11.6 Å². The van der Waals surface area contributed by atoms with Gasteiger partial charge in [0.25, 0.3) is 0 Å². The van der Waals surface area contributed by atoms with Gasteiger partial charge in [-0.1, -0.05) is 35.9 Å². The van der Waals surface area contributed by atoms with Gasteiger partial charge in [0, 0.05) is 12.1 Å². The van der Waals surface area contributed by atoms with Gasteiger partial charge in [0.2, 0.25) is 0 Å². The fraction of sp³-hybridized carbons (Fsp3) is 0.125. The van der Waals surface area contributed by atoms with Gasteiger partial charge in [-0.25, -0.2) is 9.97 Å². The SMILES string of the molecule is NCc1nc2c(Cl)cccc2nc1-c1ccccc1C(F)(F)F. The Kier molecular flexibility index (Phi) is 3.95. The lowest BCUT2D eigenvalue weighted by atomic mass is 10.0. The largest absolute Gasteiger partial charge is 0.417 e. The summed E-state index contributed by atoms with van der Waals surface area (Å²) in [6.07, 6.45) is -4.49. The zero-order chi connectivity index (χ0) is 16.6. The van der Waals surface area contributed by atoms with Gasteiger partial charge in [-0.05, 0) is 18.2 Å². The summed E-state index contributed by atoms with van der Waals surface area (Å²) in [6.45, 7) is -0.0459. The topological polar surface area (TPSA) is 51.8 Å². The fourth-order valence-electron chi connectivity index (χ4n) is 2.37. The Morgan fingerprint density at radius 2 is 1.74 bits per heavy atom. The Bertz CT molecular complexity index is 878. The zero-order valence-corrected chi connectivity index (χ0v) is 12.5. The van der Waals surface area contributed by atoms with Gasteiger partial charge in [-0.3, -0.25) is 0 Å². The minimum absolute atomic E-state index is 0.0459. The molecule has 0 saturated heterocycles. The van der Waals surface area contributed by atoms with Crippen molar-refractivity contribution in [1.29, 1.82) is 0 Å². The van der Waals surface area contributed by atoms with E-state index < -0.39 is 11.7 Å². The normalized spacial score (nSPS) is 11.9. The smallest absolute Gasteiger partial charge is 0.325 e. The van der Waals surface area contributed by atoms with Crippen molar-refractivity contribution in [2.45, 2.75) is 12.7 Å². The molecule has 2 aromatic carbocycles. The number of hydrogen-bond acceptors (Lipinski definition) is 3. The van der Waals surface area contributed by atoms with E-state index in [9.17, 15) is 13.2 Å². The van der Waals surface area contributed by atoms with Crippen LogP contribution in [0.3, 0.4) is 0 Å². The predicted molar refractivity (Wildman–Crippen MR) is 82.9 cm³/mol. The molecule has 0 amide bonds. The standard InChI is InChI=1S/C16H11ClF3N3/c17-11-6-3-7-12-15(11)23-13(8-21)14(22-12)9-4-1-2-5-10(9)16(18,19)20/h1-7H,8,21H2. The van der Waals surface area contributed by atoms with Gasteiger partial charge in [0.1, 0.15) is 5.52 Å². The molecule has 0 aliphatic carbocycles. The molecule has 0 bridgehead atoms. The van der Waals surface area contributed by atoms with E-state index in [1.165, 1.54) is 18.2 Å². The van der Waals surface area contributed by atoms with Crippen molar-refractivity contribution < 1.29 is 13.2 Å². The quantitative estimate of drug-likeness (QED) is 0.752. The molecule has 3 aromatic rings. The van der Waals surface area contributed by atoms with E-state index in [-0.39, 0.29) is 23.5 Å². The van der Waals surface area contributed by atoms with E-state index in [1.807, 2.05) is 0 Å². The van der Waals surface area contributed by atoms with Crippen LogP contribution in [0.4, 0.5) is 13.2 Å². The molecule has 1 heterocycles. The number of aromatic nitrogens is 2. The molecule has 0 fully saturated rings. The van der Waals surface area contributed by atoms with Gasteiger partial charge in [-0.15, -0.1) is 0 Å². The molecule has 0 radical (unpaired) electrons. The maximum atomic E-state index is 13.2. The van der Waals surface area contributed by atoms with Crippen LogP contribution < -0.4 is 5.73 Å². The first-order valence-corrected chi connectivity index (χ1v) is 7.11. The Morgan fingerprint density at radius 3 is 2.43 bits per heavy atom. The second kappa shape index (κ2) is 5.79. The molecule has 23 heavy (non-hydrogen) atoms. The van der Waals surface area contributed by atoms with Crippen molar-refractivity contribution in [2.75, 3.05) is 0 Å². The van der Waals surface area contributed by atoms with Crippen LogP contribution in [0.5, 0.6) is 0 Å². The molecule has 0 unspecified atom stereocenters. The molecule has 7 heteroatoms. The number of alkyl halides is 3. The van der Waals surface area contributed by atoms with Crippen LogP contribution in [0, 0.1) is 0 Å². The van der Waals surface area contributed by atoms with Gasteiger partial charge < -0.3 is 5.73 Å². The third-order valence-electron chi connectivity index (χ3n) is 3.40. The highest BCUT2D eigenvalue weighted by molar-refractivity contribution is 6.34. The third-order valence-corrected chi connectivity index (χ3v) is 3.70. The highest BCUT2D eigenvalue weighted by Gasteiger charge is 2.34. The van der Waals surface area contributed by atoms with E-state index in [0.29, 0.717) is 16.1 Å². The molecule has 3 rings (SSSR count). The number of rotatable bonds is 2. The summed E-state index contributed by atoms with van der Waals surface area (Å²) >= 11 is 6.06.